The van der Waals surface area contributed by atoms with Gasteiger partial charge in [-0.05, 0) is 67.3 Å². The van der Waals surface area contributed by atoms with Gasteiger partial charge in [-0.3, -0.25) is 9.59 Å². The van der Waals surface area contributed by atoms with Crippen LogP contribution in [0.25, 0.3) is 11.0 Å². The quantitative estimate of drug-likeness (QED) is 0.246. The van der Waals surface area contributed by atoms with Gasteiger partial charge in [0.2, 0.25) is 15.8 Å². The van der Waals surface area contributed by atoms with Crippen molar-refractivity contribution >= 4 is 54.2 Å². The number of nitrogens with zero attached hydrogens (tertiary/aromatic N) is 1. The number of carbonyl (C=O) groups excluding carboxylic acids is 2. The number of para-hydroxylation sites is 1. The van der Waals surface area contributed by atoms with E-state index in [9.17, 15) is 18.0 Å². The highest BCUT2D eigenvalue weighted by Crippen LogP contribution is 2.33. The Kier molecular flexibility index (Phi) is 7.52. The average molecular weight is 596 g/mol. The average Bonchev–Trinajstić information content (AvgIpc) is 3.30. The van der Waals surface area contributed by atoms with Gasteiger partial charge < -0.3 is 9.73 Å². The number of furan rings is 1. The van der Waals surface area contributed by atoms with E-state index in [0.29, 0.717) is 41.2 Å². The number of piperidine rings is 1. The zero-order valence-electron chi connectivity index (χ0n) is 20.8. The Morgan fingerprint density at radius 3 is 2.55 bits per heavy atom. The number of halogens is 1. The van der Waals surface area contributed by atoms with E-state index in [1.54, 1.807) is 42.5 Å². The molecule has 1 aliphatic rings. The third-order valence-electron chi connectivity index (χ3n) is 6.75. The van der Waals surface area contributed by atoms with Crippen molar-refractivity contribution in [2.45, 2.75) is 24.7 Å². The van der Waals surface area contributed by atoms with Crippen molar-refractivity contribution in [2.24, 2.45) is 5.92 Å². The zero-order valence-corrected chi connectivity index (χ0v) is 23.2. The summed E-state index contributed by atoms with van der Waals surface area (Å²) >= 11 is 3.37. The molecule has 0 bridgehead atoms. The third-order valence-corrected chi connectivity index (χ3v) is 9.14. The molecule has 1 unspecified atom stereocenters. The van der Waals surface area contributed by atoms with Gasteiger partial charge in [-0.25, -0.2) is 8.42 Å². The number of Topliss-reactive ketones (excluding diaryl/α,β-unsaturated/α-hetero) is 1. The van der Waals surface area contributed by atoms with Gasteiger partial charge in [0.15, 0.2) is 11.5 Å². The molecule has 0 amide bonds. The van der Waals surface area contributed by atoms with Crippen molar-refractivity contribution in [2.75, 3.05) is 25.0 Å². The standard InChI is InChI=1S/C29H27BrN2O5S/c1-19-6-5-15-32(18-19)38(35,36)23-8-4-7-21(16-23)25(33)17-31-27-24-9-2-3-10-26(24)37-29(27)28(34)20-11-13-22(30)14-12-20/h2-4,7-14,16,19,31H,5-6,15,17-18H2,1H3. The molecule has 1 atom stereocenters. The normalized spacial score (nSPS) is 16.4. The van der Waals surface area contributed by atoms with Crippen LogP contribution in [-0.4, -0.2) is 43.9 Å². The van der Waals surface area contributed by atoms with E-state index in [1.165, 1.54) is 16.4 Å². The Labute approximate surface area is 230 Å². The second-order valence-electron chi connectivity index (χ2n) is 9.55. The zero-order chi connectivity index (χ0) is 26.9. The number of benzene rings is 3. The molecule has 1 aliphatic heterocycles. The number of nitrogens with one attached hydrogen (secondary N) is 1. The second-order valence-corrected chi connectivity index (χ2v) is 12.4. The van der Waals surface area contributed by atoms with Gasteiger partial charge in [-0.15, -0.1) is 0 Å². The highest BCUT2D eigenvalue weighted by atomic mass is 79.9. The summed E-state index contributed by atoms with van der Waals surface area (Å²) in [4.78, 5) is 26.6. The largest absolute Gasteiger partial charge is 0.450 e. The fourth-order valence-electron chi connectivity index (χ4n) is 4.73. The number of fused-ring (bicyclic) bond motifs is 1. The molecule has 0 aliphatic carbocycles. The molecule has 4 aromatic rings. The van der Waals surface area contributed by atoms with E-state index in [4.69, 9.17) is 4.42 Å². The first-order valence-electron chi connectivity index (χ1n) is 12.4. The summed E-state index contributed by atoms with van der Waals surface area (Å²) < 4.78 is 34.7. The molecule has 0 spiro atoms. The Bertz CT molecular complexity index is 1610. The van der Waals surface area contributed by atoms with E-state index in [-0.39, 0.29) is 34.3 Å². The summed E-state index contributed by atoms with van der Waals surface area (Å²) in [5.41, 5.74) is 1.67. The molecular formula is C29H27BrN2O5S. The Hall–Kier alpha value is -3.27. The van der Waals surface area contributed by atoms with Gasteiger partial charge in [0.25, 0.3) is 0 Å². The molecule has 0 saturated carbocycles. The van der Waals surface area contributed by atoms with E-state index >= 15 is 0 Å². The van der Waals surface area contributed by atoms with Gasteiger partial charge in [0.1, 0.15) is 5.58 Å². The van der Waals surface area contributed by atoms with Crippen molar-refractivity contribution < 1.29 is 22.4 Å². The lowest BCUT2D eigenvalue weighted by atomic mass is 10.0. The van der Waals surface area contributed by atoms with Crippen molar-refractivity contribution in [3.63, 3.8) is 0 Å². The second kappa shape index (κ2) is 10.8. The fourth-order valence-corrected chi connectivity index (χ4v) is 6.64. The first-order chi connectivity index (χ1) is 18.2. The monoisotopic (exact) mass is 594 g/mol. The molecule has 2 heterocycles. The summed E-state index contributed by atoms with van der Waals surface area (Å²) in [6, 6.07) is 20.3. The van der Waals surface area contributed by atoms with Gasteiger partial charge in [-0.2, -0.15) is 4.31 Å². The predicted octanol–water partition coefficient (Wildman–Crippen LogP) is 6.14. The molecular weight excluding hydrogens is 568 g/mol. The van der Waals surface area contributed by atoms with E-state index in [2.05, 4.69) is 21.2 Å². The topological polar surface area (TPSA) is 96.7 Å². The molecule has 3 aromatic carbocycles. The van der Waals surface area contributed by atoms with Crippen LogP contribution in [0.2, 0.25) is 0 Å². The maximum atomic E-state index is 13.3. The molecule has 1 fully saturated rings. The molecule has 38 heavy (non-hydrogen) atoms. The number of rotatable bonds is 8. The number of hydrogen-bond donors (Lipinski definition) is 1. The number of carbonyl (C=O) groups is 2. The number of anilines is 1. The number of sulfonamides is 1. The lowest BCUT2D eigenvalue weighted by Crippen LogP contribution is -2.39. The fraction of sp³-hybridized carbons (Fsp3) is 0.241. The highest BCUT2D eigenvalue weighted by molar-refractivity contribution is 9.10. The van der Waals surface area contributed by atoms with E-state index in [0.717, 1.165) is 17.3 Å². The van der Waals surface area contributed by atoms with Crippen LogP contribution >= 0.6 is 15.9 Å². The lowest BCUT2D eigenvalue weighted by molar-refractivity contribution is 0.0997. The maximum Gasteiger partial charge on any atom is 0.243 e. The van der Waals surface area contributed by atoms with Gasteiger partial charge in [0, 0.05) is 34.1 Å². The minimum absolute atomic E-state index is 0.108. The molecule has 1 saturated heterocycles. The Balaban J connectivity index is 1.39. The van der Waals surface area contributed by atoms with Crippen LogP contribution in [0.1, 0.15) is 46.2 Å². The first kappa shape index (κ1) is 26.3. The summed E-state index contributed by atoms with van der Waals surface area (Å²) in [6.45, 7) is 2.86. The van der Waals surface area contributed by atoms with Crippen LogP contribution in [0.4, 0.5) is 5.69 Å². The van der Waals surface area contributed by atoms with Crippen LogP contribution in [0.15, 0.2) is 86.6 Å². The van der Waals surface area contributed by atoms with Crippen molar-refractivity contribution in [1.29, 1.82) is 0 Å². The molecule has 1 N–H and O–H groups in total. The smallest absolute Gasteiger partial charge is 0.243 e. The highest BCUT2D eigenvalue weighted by Gasteiger charge is 2.29. The van der Waals surface area contributed by atoms with Crippen molar-refractivity contribution in [3.8, 4) is 0 Å². The van der Waals surface area contributed by atoms with Crippen LogP contribution in [0.5, 0.6) is 0 Å². The lowest BCUT2D eigenvalue weighted by Gasteiger charge is -2.30. The van der Waals surface area contributed by atoms with Crippen LogP contribution < -0.4 is 5.32 Å². The van der Waals surface area contributed by atoms with Crippen LogP contribution in [0, 0.1) is 5.92 Å². The van der Waals surface area contributed by atoms with Gasteiger partial charge >= 0.3 is 0 Å². The maximum absolute atomic E-state index is 13.3. The van der Waals surface area contributed by atoms with Gasteiger partial charge in [0.05, 0.1) is 17.1 Å². The van der Waals surface area contributed by atoms with E-state index < -0.39 is 10.0 Å². The third kappa shape index (κ3) is 5.32. The number of hydrogen-bond acceptors (Lipinski definition) is 6. The molecule has 7 nitrogen and oxygen atoms in total. The minimum atomic E-state index is -3.69. The van der Waals surface area contributed by atoms with Crippen LogP contribution in [0.3, 0.4) is 0 Å². The van der Waals surface area contributed by atoms with E-state index in [1.807, 2.05) is 25.1 Å². The summed E-state index contributed by atoms with van der Waals surface area (Å²) in [5.74, 6) is -0.211. The molecule has 0 radical (unpaired) electrons. The van der Waals surface area contributed by atoms with Crippen molar-refractivity contribution in [1.82, 2.24) is 4.31 Å². The Morgan fingerprint density at radius 1 is 1.03 bits per heavy atom. The van der Waals surface area contributed by atoms with Crippen LogP contribution in [-0.2, 0) is 10.0 Å². The molecule has 5 rings (SSSR count). The summed E-state index contributed by atoms with van der Waals surface area (Å²) in [5, 5.41) is 3.77. The Morgan fingerprint density at radius 2 is 1.79 bits per heavy atom. The molecule has 196 valence electrons. The number of ketones is 2. The minimum Gasteiger partial charge on any atom is -0.450 e. The molecule has 9 heteroatoms. The summed E-state index contributed by atoms with van der Waals surface area (Å²) in [6.07, 6.45) is 1.83. The first-order valence-corrected chi connectivity index (χ1v) is 14.7. The van der Waals surface area contributed by atoms with Gasteiger partial charge in [-0.1, -0.05) is 47.1 Å². The predicted molar refractivity (Wildman–Crippen MR) is 150 cm³/mol. The van der Waals surface area contributed by atoms with Crippen molar-refractivity contribution in [3.05, 3.63) is 94.2 Å². The molecule has 1 aromatic heterocycles. The SMILES string of the molecule is CC1CCCN(S(=O)(=O)c2cccc(C(=O)CNc3c(C(=O)c4ccc(Br)cc4)oc4ccccc34)c2)C1. The summed E-state index contributed by atoms with van der Waals surface area (Å²) in [7, 11) is -3.69.